The van der Waals surface area contributed by atoms with Gasteiger partial charge in [-0.05, 0) is 32.0 Å². The summed E-state index contributed by atoms with van der Waals surface area (Å²) in [4.78, 5) is 14.2. The highest BCUT2D eigenvalue weighted by molar-refractivity contribution is 5.63. The van der Waals surface area contributed by atoms with E-state index >= 15 is 0 Å². The number of rotatable bonds is 2. The minimum atomic E-state index is -0.583. The van der Waals surface area contributed by atoms with Crippen LogP contribution in [-0.2, 0) is 4.74 Å². The zero-order chi connectivity index (χ0) is 13.2. The third-order valence-electron chi connectivity index (χ3n) is 4.26. The maximum atomic E-state index is 11.7. The number of benzene rings is 1. The minimum Gasteiger partial charge on any atom is -0.431 e. The van der Waals surface area contributed by atoms with Crippen molar-refractivity contribution in [2.75, 3.05) is 7.05 Å². The van der Waals surface area contributed by atoms with Crippen LogP contribution >= 0.6 is 0 Å². The molecule has 1 aromatic rings. The van der Waals surface area contributed by atoms with Crippen molar-refractivity contribution >= 4 is 6.16 Å². The van der Waals surface area contributed by atoms with Gasteiger partial charge in [-0.3, -0.25) is 0 Å². The molecule has 3 rings (SSSR count). The monoisotopic (exact) mass is 261 g/mol. The molecule has 4 heteroatoms. The summed E-state index contributed by atoms with van der Waals surface area (Å²) in [6.07, 6.45) is 3.71. The summed E-state index contributed by atoms with van der Waals surface area (Å²) >= 11 is 0. The van der Waals surface area contributed by atoms with Crippen LogP contribution in [0.15, 0.2) is 30.3 Å². The number of nitrogens with zero attached hydrogens (tertiary/aromatic N) is 1. The molecule has 0 N–H and O–H groups in total. The number of piperidine rings is 1. The van der Waals surface area contributed by atoms with E-state index in [-0.39, 0.29) is 6.10 Å². The topological polar surface area (TPSA) is 38.8 Å². The second-order valence-electron chi connectivity index (χ2n) is 5.43. The van der Waals surface area contributed by atoms with Crippen LogP contribution in [-0.4, -0.2) is 36.3 Å². The van der Waals surface area contributed by atoms with Gasteiger partial charge >= 0.3 is 6.16 Å². The Morgan fingerprint density at radius 2 is 1.79 bits per heavy atom. The van der Waals surface area contributed by atoms with Crippen LogP contribution in [0, 0.1) is 0 Å². The first-order valence-corrected chi connectivity index (χ1v) is 6.88. The molecule has 102 valence electrons. The maximum absolute atomic E-state index is 11.7. The molecule has 2 bridgehead atoms. The fraction of sp³-hybridized carbons (Fsp3) is 0.533. The van der Waals surface area contributed by atoms with Crippen molar-refractivity contribution in [1.29, 1.82) is 0 Å². The number of hydrogen-bond donors (Lipinski definition) is 0. The summed E-state index contributed by atoms with van der Waals surface area (Å²) in [5.74, 6) is 0.531. The Balaban J connectivity index is 1.53. The molecule has 19 heavy (non-hydrogen) atoms. The smallest absolute Gasteiger partial charge is 0.431 e. The van der Waals surface area contributed by atoms with Gasteiger partial charge in [-0.2, -0.15) is 0 Å². The van der Waals surface area contributed by atoms with Crippen molar-refractivity contribution in [3.05, 3.63) is 30.3 Å². The Bertz CT molecular complexity index is 434. The fourth-order valence-corrected chi connectivity index (χ4v) is 3.20. The van der Waals surface area contributed by atoms with Gasteiger partial charge in [0.05, 0.1) is 0 Å². The maximum Gasteiger partial charge on any atom is 0.514 e. The standard InChI is InChI=1S/C15H19NO3/c1-16-11-7-8-12(16)10-14(9-11)19-15(17)18-13-5-3-2-4-6-13/h2-6,11-12,14H,7-10H2,1H3/t11-,12+,14-. The third-order valence-corrected chi connectivity index (χ3v) is 4.26. The lowest BCUT2D eigenvalue weighted by atomic mass is 10.0. The average molecular weight is 261 g/mol. The Morgan fingerprint density at radius 1 is 1.16 bits per heavy atom. The summed E-state index contributed by atoms with van der Waals surface area (Å²) < 4.78 is 10.6. The molecule has 0 saturated carbocycles. The summed E-state index contributed by atoms with van der Waals surface area (Å²) in [7, 11) is 2.17. The van der Waals surface area contributed by atoms with Crippen LogP contribution < -0.4 is 4.74 Å². The molecule has 2 aliphatic rings. The lowest BCUT2D eigenvalue weighted by Gasteiger charge is -2.35. The third kappa shape index (κ3) is 2.73. The molecule has 0 radical (unpaired) electrons. The van der Waals surface area contributed by atoms with E-state index in [1.54, 1.807) is 12.1 Å². The van der Waals surface area contributed by atoms with Gasteiger partial charge in [0.2, 0.25) is 0 Å². The molecule has 1 aromatic carbocycles. The van der Waals surface area contributed by atoms with Crippen molar-refractivity contribution in [2.45, 2.75) is 43.9 Å². The molecule has 3 atom stereocenters. The minimum absolute atomic E-state index is 0.00455. The molecule has 2 saturated heterocycles. The molecule has 4 nitrogen and oxygen atoms in total. The SMILES string of the molecule is CN1[C@@H]2CC[C@H]1C[C@H](OC(=O)Oc1ccccc1)C2. The molecule has 0 unspecified atom stereocenters. The van der Waals surface area contributed by atoms with Gasteiger partial charge in [-0.15, -0.1) is 0 Å². The molecule has 0 amide bonds. The quantitative estimate of drug-likeness (QED) is 0.606. The van der Waals surface area contributed by atoms with Gasteiger partial charge in [0.15, 0.2) is 0 Å². The van der Waals surface area contributed by atoms with Gasteiger partial charge in [-0.1, -0.05) is 18.2 Å². The zero-order valence-corrected chi connectivity index (χ0v) is 11.1. The number of hydrogen-bond acceptors (Lipinski definition) is 4. The van der Waals surface area contributed by atoms with Crippen molar-refractivity contribution in [2.24, 2.45) is 0 Å². The van der Waals surface area contributed by atoms with Crippen molar-refractivity contribution < 1.29 is 14.3 Å². The first kappa shape index (κ1) is 12.5. The Hall–Kier alpha value is -1.55. The second kappa shape index (κ2) is 5.21. The zero-order valence-electron chi connectivity index (χ0n) is 11.1. The van der Waals surface area contributed by atoms with E-state index in [9.17, 15) is 4.79 Å². The molecular weight excluding hydrogens is 242 g/mol. The molecule has 2 heterocycles. The van der Waals surface area contributed by atoms with Crippen molar-refractivity contribution in [1.82, 2.24) is 4.90 Å². The fourth-order valence-electron chi connectivity index (χ4n) is 3.20. The van der Waals surface area contributed by atoms with E-state index in [0.29, 0.717) is 17.8 Å². The van der Waals surface area contributed by atoms with Crippen LogP contribution in [0.4, 0.5) is 4.79 Å². The van der Waals surface area contributed by atoms with Crippen molar-refractivity contribution in [3.63, 3.8) is 0 Å². The van der Waals surface area contributed by atoms with E-state index in [1.165, 1.54) is 12.8 Å². The Kier molecular flexibility index (Phi) is 3.42. The Labute approximate surface area is 113 Å². The van der Waals surface area contributed by atoms with Crippen LogP contribution in [0.25, 0.3) is 0 Å². The summed E-state index contributed by atoms with van der Waals surface area (Å²) in [5, 5.41) is 0. The van der Waals surface area contributed by atoms with Gasteiger partial charge in [0.25, 0.3) is 0 Å². The van der Waals surface area contributed by atoms with Gasteiger partial charge in [0, 0.05) is 24.9 Å². The van der Waals surface area contributed by atoms with Crippen LogP contribution in [0.1, 0.15) is 25.7 Å². The van der Waals surface area contributed by atoms with Crippen LogP contribution in [0.5, 0.6) is 5.75 Å². The number of para-hydroxylation sites is 1. The number of carbonyl (C=O) groups is 1. The van der Waals surface area contributed by atoms with Crippen LogP contribution in [0.3, 0.4) is 0 Å². The van der Waals surface area contributed by atoms with Crippen molar-refractivity contribution in [3.8, 4) is 5.75 Å². The predicted molar refractivity (Wildman–Crippen MR) is 71.1 cm³/mol. The summed E-state index contributed by atoms with van der Waals surface area (Å²) in [5.41, 5.74) is 0. The van der Waals surface area contributed by atoms with Gasteiger partial charge in [0.1, 0.15) is 11.9 Å². The van der Waals surface area contributed by atoms with Gasteiger partial charge < -0.3 is 14.4 Å². The number of fused-ring (bicyclic) bond motifs is 2. The molecule has 0 aliphatic carbocycles. The van der Waals surface area contributed by atoms with Crippen LogP contribution in [0.2, 0.25) is 0 Å². The highest BCUT2D eigenvalue weighted by Gasteiger charge is 2.40. The summed E-state index contributed by atoms with van der Waals surface area (Å²) in [6, 6.07) is 10.2. The molecule has 2 aliphatic heterocycles. The van der Waals surface area contributed by atoms with E-state index in [0.717, 1.165) is 12.8 Å². The van der Waals surface area contributed by atoms with E-state index in [4.69, 9.17) is 9.47 Å². The highest BCUT2D eigenvalue weighted by atomic mass is 16.7. The normalized spacial score (nSPS) is 30.1. The second-order valence-corrected chi connectivity index (χ2v) is 5.43. The molecular formula is C15H19NO3. The molecule has 2 fully saturated rings. The predicted octanol–water partition coefficient (Wildman–Crippen LogP) is 2.83. The first-order chi connectivity index (χ1) is 9.22. The van der Waals surface area contributed by atoms with E-state index in [2.05, 4.69) is 11.9 Å². The largest absolute Gasteiger partial charge is 0.514 e. The van der Waals surface area contributed by atoms with E-state index < -0.39 is 6.16 Å². The average Bonchev–Trinajstić information content (AvgIpc) is 2.63. The van der Waals surface area contributed by atoms with Gasteiger partial charge in [-0.25, -0.2) is 4.79 Å². The summed E-state index contributed by atoms with van der Waals surface area (Å²) in [6.45, 7) is 0. The van der Waals surface area contributed by atoms with E-state index in [1.807, 2.05) is 18.2 Å². The first-order valence-electron chi connectivity index (χ1n) is 6.88. The lowest BCUT2D eigenvalue weighted by molar-refractivity contribution is 0.00748. The molecule has 0 spiro atoms. The number of ether oxygens (including phenoxy) is 2. The Morgan fingerprint density at radius 3 is 2.42 bits per heavy atom. The highest BCUT2D eigenvalue weighted by Crippen LogP contribution is 2.35. The number of carbonyl (C=O) groups excluding carboxylic acids is 1. The molecule has 0 aromatic heterocycles. The lowest BCUT2D eigenvalue weighted by Crippen LogP contribution is -2.43.